The predicted octanol–water partition coefficient (Wildman–Crippen LogP) is 4.12. The van der Waals surface area contributed by atoms with E-state index in [1.54, 1.807) is 4.57 Å². The van der Waals surface area contributed by atoms with Gasteiger partial charge in [-0.1, -0.05) is 99.6 Å². The van der Waals surface area contributed by atoms with Crippen LogP contribution in [0.25, 0.3) is 22.5 Å². The lowest BCUT2D eigenvalue weighted by molar-refractivity contribution is 0.0892. The van der Waals surface area contributed by atoms with E-state index in [9.17, 15) is 9.59 Å². The summed E-state index contributed by atoms with van der Waals surface area (Å²) in [5.74, 6) is 0.800. The summed E-state index contributed by atoms with van der Waals surface area (Å²) in [5.41, 5.74) is 3.77. The van der Waals surface area contributed by atoms with E-state index in [1.807, 2.05) is 99.6 Å². The number of carbonyl (C=O) groups is 1. The van der Waals surface area contributed by atoms with Crippen molar-refractivity contribution in [3.05, 3.63) is 106 Å². The number of aromatic nitrogens is 7. The van der Waals surface area contributed by atoms with Gasteiger partial charge in [-0.2, -0.15) is 0 Å². The Bertz CT molecular complexity index is 1580. The first-order valence-electron chi connectivity index (χ1n) is 12.0. The van der Waals surface area contributed by atoms with Crippen molar-refractivity contribution in [2.45, 2.75) is 39.2 Å². The summed E-state index contributed by atoms with van der Waals surface area (Å²) in [6.07, 6.45) is 0.107. The van der Waals surface area contributed by atoms with Gasteiger partial charge in [-0.25, -0.2) is 9.89 Å². The summed E-state index contributed by atoms with van der Waals surface area (Å²) < 4.78 is 2.59. The summed E-state index contributed by atoms with van der Waals surface area (Å²) >= 11 is 0. The monoisotopic (exact) mass is 493 g/mol. The molecule has 186 valence electrons. The Kier molecular flexibility index (Phi) is 6.35. The molecule has 0 aliphatic heterocycles. The number of nitrogens with one attached hydrogen (secondary N) is 1. The minimum absolute atomic E-state index is 0.107. The molecule has 0 spiro atoms. The van der Waals surface area contributed by atoms with Crippen LogP contribution in [0.15, 0.2) is 83.7 Å². The lowest BCUT2D eigenvalue weighted by atomic mass is 9.95. The standard InChI is InChI=1S/C28H27N7O2/c1-28(2,3)26-31-35(24(36)17-19-9-5-4-6-10-19)27(37)34(26)18-20-13-15-21(16-14-20)22-11-7-8-12-23(22)25-29-32-33-30-25/h4-16H,17-18H2,1-3H3,(H,29,30,32,33). The van der Waals surface area contributed by atoms with Crippen molar-refractivity contribution >= 4 is 5.91 Å². The van der Waals surface area contributed by atoms with Crippen LogP contribution in [0.4, 0.5) is 0 Å². The highest BCUT2D eigenvalue weighted by atomic mass is 16.2. The summed E-state index contributed by atoms with van der Waals surface area (Å²) in [5, 5.41) is 18.7. The van der Waals surface area contributed by atoms with Crippen LogP contribution in [0.2, 0.25) is 0 Å². The molecule has 0 unspecified atom stereocenters. The van der Waals surface area contributed by atoms with Crippen LogP contribution in [0, 0.1) is 0 Å². The van der Waals surface area contributed by atoms with E-state index >= 15 is 0 Å². The molecule has 1 N–H and O–H groups in total. The van der Waals surface area contributed by atoms with Crippen molar-refractivity contribution in [2.24, 2.45) is 0 Å². The minimum Gasteiger partial charge on any atom is -0.274 e. The zero-order valence-electron chi connectivity index (χ0n) is 20.9. The van der Waals surface area contributed by atoms with Gasteiger partial charge in [0.25, 0.3) is 5.91 Å². The van der Waals surface area contributed by atoms with E-state index in [0.717, 1.165) is 32.5 Å². The molecule has 5 aromatic rings. The lowest BCUT2D eigenvalue weighted by Crippen LogP contribution is -2.31. The molecule has 3 aromatic carbocycles. The SMILES string of the molecule is CC(C)(C)c1nn(C(=O)Cc2ccccc2)c(=O)n1Cc1ccc(-c2ccccc2-c2nnn[nH]2)cc1. The largest absolute Gasteiger partial charge is 0.353 e. The first kappa shape index (κ1) is 24.1. The Labute approximate surface area is 213 Å². The second-order valence-electron chi connectivity index (χ2n) is 9.90. The van der Waals surface area contributed by atoms with Gasteiger partial charge in [0.05, 0.1) is 13.0 Å². The predicted molar refractivity (Wildman–Crippen MR) is 140 cm³/mol. The molecule has 0 aliphatic carbocycles. The molecule has 0 amide bonds. The summed E-state index contributed by atoms with van der Waals surface area (Å²) in [7, 11) is 0. The van der Waals surface area contributed by atoms with Crippen LogP contribution < -0.4 is 5.69 Å². The van der Waals surface area contributed by atoms with E-state index in [1.165, 1.54) is 0 Å². The Balaban J connectivity index is 1.45. The Morgan fingerprint density at radius 1 is 0.865 bits per heavy atom. The van der Waals surface area contributed by atoms with Gasteiger partial charge in [-0.05, 0) is 32.7 Å². The normalized spacial score (nSPS) is 11.5. The van der Waals surface area contributed by atoms with Gasteiger partial charge >= 0.3 is 5.69 Å². The summed E-state index contributed by atoms with van der Waals surface area (Å²) in [4.78, 5) is 26.3. The molecule has 9 nitrogen and oxygen atoms in total. The smallest absolute Gasteiger partial charge is 0.274 e. The molecule has 0 saturated heterocycles. The Hall–Kier alpha value is -4.66. The zero-order chi connectivity index (χ0) is 26.0. The second kappa shape index (κ2) is 9.77. The molecular weight excluding hydrogens is 466 g/mol. The van der Waals surface area contributed by atoms with Crippen molar-refractivity contribution < 1.29 is 4.79 Å². The van der Waals surface area contributed by atoms with E-state index < -0.39 is 11.1 Å². The maximum atomic E-state index is 13.4. The fourth-order valence-corrected chi connectivity index (χ4v) is 4.29. The van der Waals surface area contributed by atoms with E-state index in [-0.39, 0.29) is 12.3 Å². The summed E-state index contributed by atoms with van der Waals surface area (Å²) in [6, 6.07) is 25.2. The van der Waals surface area contributed by atoms with E-state index in [2.05, 4.69) is 25.7 Å². The molecule has 2 heterocycles. The van der Waals surface area contributed by atoms with Crippen LogP contribution >= 0.6 is 0 Å². The van der Waals surface area contributed by atoms with Crippen LogP contribution in [-0.4, -0.2) is 40.9 Å². The van der Waals surface area contributed by atoms with Crippen LogP contribution in [0.3, 0.4) is 0 Å². The molecule has 5 rings (SSSR count). The first-order valence-corrected chi connectivity index (χ1v) is 12.0. The van der Waals surface area contributed by atoms with Crippen LogP contribution in [0.1, 0.15) is 42.5 Å². The van der Waals surface area contributed by atoms with Gasteiger partial charge in [0, 0.05) is 11.0 Å². The van der Waals surface area contributed by atoms with Crippen molar-refractivity contribution in [1.82, 2.24) is 35.0 Å². The van der Waals surface area contributed by atoms with Gasteiger partial charge in [-0.3, -0.25) is 9.36 Å². The van der Waals surface area contributed by atoms with Crippen molar-refractivity contribution in [3.8, 4) is 22.5 Å². The highest BCUT2D eigenvalue weighted by Crippen LogP contribution is 2.30. The van der Waals surface area contributed by atoms with Gasteiger partial charge in [0.15, 0.2) is 5.82 Å². The third-order valence-corrected chi connectivity index (χ3v) is 6.10. The highest BCUT2D eigenvalue weighted by molar-refractivity contribution is 5.81. The number of aromatic amines is 1. The van der Waals surface area contributed by atoms with Crippen molar-refractivity contribution in [2.75, 3.05) is 0 Å². The van der Waals surface area contributed by atoms with E-state index in [4.69, 9.17) is 0 Å². The number of hydrogen-bond acceptors (Lipinski definition) is 6. The van der Waals surface area contributed by atoms with Gasteiger partial charge in [0.1, 0.15) is 5.82 Å². The number of benzene rings is 3. The second-order valence-corrected chi connectivity index (χ2v) is 9.90. The third kappa shape index (κ3) is 5.02. The maximum absolute atomic E-state index is 13.4. The molecular formula is C28H27N7O2. The van der Waals surface area contributed by atoms with Crippen molar-refractivity contribution in [1.29, 1.82) is 0 Å². The fourth-order valence-electron chi connectivity index (χ4n) is 4.29. The minimum atomic E-state index is -0.432. The maximum Gasteiger partial charge on any atom is 0.353 e. The topological polar surface area (TPSA) is 111 Å². The quantitative estimate of drug-likeness (QED) is 0.381. The van der Waals surface area contributed by atoms with Crippen LogP contribution in [-0.2, 0) is 18.4 Å². The average Bonchev–Trinajstić information content (AvgIpc) is 3.54. The van der Waals surface area contributed by atoms with Gasteiger partial charge in [0.2, 0.25) is 0 Å². The number of rotatable bonds is 6. The molecule has 0 aliphatic rings. The molecule has 0 fully saturated rings. The first-order chi connectivity index (χ1) is 17.8. The number of hydrogen-bond donors (Lipinski definition) is 1. The van der Waals surface area contributed by atoms with Crippen LogP contribution in [0.5, 0.6) is 0 Å². The van der Waals surface area contributed by atoms with Gasteiger partial charge < -0.3 is 0 Å². The van der Waals surface area contributed by atoms with Gasteiger partial charge in [-0.15, -0.1) is 14.9 Å². The molecule has 0 saturated carbocycles. The Morgan fingerprint density at radius 3 is 2.19 bits per heavy atom. The Morgan fingerprint density at radius 2 is 1.54 bits per heavy atom. The molecule has 37 heavy (non-hydrogen) atoms. The van der Waals surface area contributed by atoms with E-state index in [0.29, 0.717) is 18.2 Å². The average molecular weight is 494 g/mol. The lowest BCUT2D eigenvalue weighted by Gasteiger charge is -2.18. The molecule has 0 bridgehead atoms. The highest BCUT2D eigenvalue weighted by Gasteiger charge is 2.27. The zero-order valence-corrected chi connectivity index (χ0v) is 20.9. The number of nitrogens with zero attached hydrogens (tertiary/aromatic N) is 6. The number of tetrazole rings is 1. The molecule has 9 heteroatoms. The molecule has 0 atom stereocenters. The third-order valence-electron chi connectivity index (χ3n) is 6.10. The summed E-state index contributed by atoms with van der Waals surface area (Å²) in [6.45, 7) is 6.25. The fraction of sp³-hybridized carbons (Fsp3) is 0.214. The number of H-pyrrole nitrogens is 1. The molecule has 2 aromatic heterocycles. The van der Waals surface area contributed by atoms with Crippen molar-refractivity contribution in [3.63, 3.8) is 0 Å². The molecule has 0 radical (unpaired) electrons. The number of carbonyl (C=O) groups excluding carboxylic acids is 1.